The Bertz CT molecular complexity index is 311. The zero-order chi connectivity index (χ0) is 12.3. The van der Waals surface area contributed by atoms with Gasteiger partial charge < -0.3 is 4.74 Å². The molecule has 2 rings (SSSR count). The minimum absolute atomic E-state index is 0.0607. The zero-order valence-electron chi connectivity index (χ0n) is 11.1. The number of allylic oxidation sites excluding steroid dienone is 2. The van der Waals surface area contributed by atoms with Gasteiger partial charge in [-0.05, 0) is 44.6 Å². The van der Waals surface area contributed by atoms with E-state index in [0.29, 0.717) is 5.78 Å². The van der Waals surface area contributed by atoms with Gasteiger partial charge in [0.2, 0.25) is 0 Å². The van der Waals surface area contributed by atoms with Crippen molar-refractivity contribution >= 4 is 5.78 Å². The number of ketones is 1. The molecule has 2 aliphatic rings. The molecular formula is C15H24O2. The van der Waals surface area contributed by atoms with E-state index in [0.717, 1.165) is 44.3 Å². The van der Waals surface area contributed by atoms with Crippen LogP contribution in [0.5, 0.6) is 0 Å². The molecule has 2 nitrogen and oxygen atoms in total. The van der Waals surface area contributed by atoms with Crippen LogP contribution in [0, 0.1) is 5.92 Å². The Morgan fingerprint density at radius 2 is 2.12 bits per heavy atom. The van der Waals surface area contributed by atoms with E-state index in [1.807, 2.05) is 13.0 Å². The lowest BCUT2D eigenvalue weighted by molar-refractivity contribution is -0.133. The van der Waals surface area contributed by atoms with Crippen molar-refractivity contribution in [1.29, 1.82) is 0 Å². The van der Waals surface area contributed by atoms with Crippen molar-refractivity contribution in [3.8, 4) is 0 Å². The maximum Gasteiger partial charge on any atom is 0.161 e. The highest BCUT2D eigenvalue weighted by Crippen LogP contribution is 2.42. The molecule has 2 fully saturated rings. The van der Waals surface area contributed by atoms with Crippen LogP contribution in [-0.2, 0) is 9.53 Å². The Morgan fingerprint density at radius 1 is 1.41 bits per heavy atom. The van der Waals surface area contributed by atoms with E-state index < -0.39 is 0 Å². The summed E-state index contributed by atoms with van der Waals surface area (Å²) in [6.45, 7) is 4.82. The lowest BCUT2D eigenvalue weighted by Crippen LogP contribution is -2.40. The van der Waals surface area contributed by atoms with Crippen molar-refractivity contribution in [3.05, 3.63) is 11.6 Å². The van der Waals surface area contributed by atoms with E-state index >= 15 is 0 Å². The van der Waals surface area contributed by atoms with Gasteiger partial charge in [-0.15, -0.1) is 0 Å². The number of ether oxygens (including phenoxy) is 1. The largest absolute Gasteiger partial charge is 0.375 e. The van der Waals surface area contributed by atoms with Crippen molar-refractivity contribution in [2.24, 2.45) is 5.92 Å². The van der Waals surface area contributed by atoms with Crippen LogP contribution in [0.1, 0.15) is 58.8 Å². The van der Waals surface area contributed by atoms with Crippen LogP contribution in [0.3, 0.4) is 0 Å². The van der Waals surface area contributed by atoms with E-state index in [9.17, 15) is 4.79 Å². The van der Waals surface area contributed by atoms with Crippen LogP contribution in [0.25, 0.3) is 0 Å². The molecule has 0 aromatic rings. The quantitative estimate of drug-likeness (QED) is 0.699. The van der Waals surface area contributed by atoms with Crippen LogP contribution in [0.15, 0.2) is 11.6 Å². The van der Waals surface area contributed by atoms with Crippen molar-refractivity contribution in [3.63, 3.8) is 0 Å². The molecule has 1 saturated carbocycles. The molecule has 1 unspecified atom stereocenters. The molecule has 2 heteroatoms. The summed E-state index contributed by atoms with van der Waals surface area (Å²) in [5.74, 6) is 0.595. The first kappa shape index (κ1) is 12.8. The molecule has 0 aromatic heterocycles. The summed E-state index contributed by atoms with van der Waals surface area (Å²) in [4.78, 5) is 12.4. The Labute approximate surface area is 104 Å². The van der Waals surface area contributed by atoms with Gasteiger partial charge in [0.05, 0.1) is 5.60 Å². The minimum Gasteiger partial charge on any atom is -0.375 e. The maximum absolute atomic E-state index is 12.4. The van der Waals surface area contributed by atoms with Gasteiger partial charge in [0.1, 0.15) is 0 Å². The fraction of sp³-hybridized carbons (Fsp3) is 0.800. The van der Waals surface area contributed by atoms with Gasteiger partial charge in [-0.25, -0.2) is 0 Å². The maximum atomic E-state index is 12.4. The van der Waals surface area contributed by atoms with E-state index in [4.69, 9.17) is 4.74 Å². The smallest absolute Gasteiger partial charge is 0.161 e. The van der Waals surface area contributed by atoms with Gasteiger partial charge in [-0.1, -0.05) is 25.8 Å². The van der Waals surface area contributed by atoms with Gasteiger partial charge in [-0.3, -0.25) is 4.79 Å². The van der Waals surface area contributed by atoms with Crippen LogP contribution >= 0.6 is 0 Å². The zero-order valence-corrected chi connectivity index (χ0v) is 11.1. The van der Waals surface area contributed by atoms with E-state index in [2.05, 4.69) is 6.92 Å². The summed E-state index contributed by atoms with van der Waals surface area (Å²) >= 11 is 0. The average molecular weight is 236 g/mol. The summed E-state index contributed by atoms with van der Waals surface area (Å²) in [5.41, 5.74) is 1.07. The van der Waals surface area contributed by atoms with Gasteiger partial charge in [0.15, 0.2) is 5.78 Å². The standard InChI is InChI=1S/C15H24O2/c1-3-12(4-2)14(16)13-7-10-17-15(11-13)8-5-6-9-15/h3,13H,4-11H2,1-2H3. The first-order valence-corrected chi connectivity index (χ1v) is 7.04. The monoisotopic (exact) mass is 236 g/mol. The Hall–Kier alpha value is -0.630. The van der Waals surface area contributed by atoms with Gasteiger partial charge in [0, 0.05) is 12.5 Å². The molecule has 17 heavy (non-hydrogen) atoms. The number of Topliss-reactive ketones (excluding diaryl/α,β-unsaturated/α-hetero) is 1. The van der Waals surface area contributed by atoms with Crippen molar-refractivity contribution in [2.75, 3.05) is 6.61 Å². The molecule has 0 aromatic carbocycles. The molecule has 1 aliphatic carbocycles. The third-order valence-corrected chi connectivity index (χ3v) is 4.42. The fourth-order valence-electron chi connectivity index (χ4n) is 3.40. The molecule has 1 saturated heterocycles. The van der Waals surface area contributed by atoms with Crippen LogP contribution < -0.4 is 0 Å². The average Bonchev–Trinajstić information content (AvgIpc) is 2.78. The molecule has 1 spiro atoms. The number of carbonyl (C=O) groups excluding carboxylic acids is 1. The lowest BCUT2D eigenvalue weighted by atomic mass is 9.80. The fourth-order valence-corrected chi connectivity index (χ4v) is 3.40. The second-order valence-electron chi connectivity index (χ2n) is 5.46. The number of hydrogen-bond acceptors (Lipinski definition) is 2. The van der Waals surface area contributed by atoms with E-state index in [1.54, 1.807) is 0 Å². The number of rotatable bonds is 3. The van der Waals surface area contributed by atoms with Crippen molar-refractivity contribution in [1.82, 2.24) is 0 Å². The molecule has 0 N–H and O–H groups in total. The SMILES string of the molecule is CC=C(CC)C(=O)C1CCOC2(CCCC2)C1. The highest BCUT2D eigenvalue weighted by atomic mass is 16.5. The molecule has 1 aliphatic heterocycles. The summed E-state index contributed by atoms with van der Waals surface area (Å²) < 4.78 is 5.98. The number of carbonyl (C=O) groups is 1. The molecule has 96 valence electrons. The van der Waals surface area contributed by atoms with Crippen LogP contribution in [0.2, 0.25) is 0 Å². The predicted molar refractivity (Wildman–Crippen MR) is 68.9 cm³/mol. The Balaban J connectivity index is 2.04. The van der Waals surface area contributed by atoms with E-state index in [-0.39, 0.29) is 11.5 Å². The summed E-state index contributed by atoms with van der Waals surface area (Å²) in [7, 11) is 0. The van der Waals surface area contributed by atoms with Gasteiger partial charge in [-0.2, -0.15) is 0 Å². The third-order valence-electron chi connectivity index (χ3n) is 4.42. The molecule has 1 atom stereocenters. The van der Waals surface area contributed by atoms with Crippen molar-refractivity contribution < 1.29 is 9.53 Å². The molecule has 0 amide bonds. The van der Waals surface area contributed by atoms with Crippen LogP contribution in [0.4, 0.5) is 0 Å². The normalized spacial score (nSPS) is 28.6. The molecule has 1 heterocycles. The second kappa shape index (κ2) is 5.34. The van der Waals surface area contributed by atoms with Crippen molar-refractivity contribution in [2.45, 2.75) is 64.4 Å². The molecule has 0 bridgehead atoms. The first-order chi connectivity index (χ1) is 8.21. The third kappa shape index (κ3) is 2.62. The molecule has 0 radical (unpaired) electrons. The first-order valence-electron chi connectivity index (χ1n) is 7.04. The van der Waals surface area contributed by atoms with Crippen LogP contribution in [-0.4, -0.2) is 18.0 Å². The lowest BCUT2D eigenvalue weighted by Gasteiger charge is -2.38. The summed E-state index contributed by atoms with van der Waals surface area (Å²) in [5, 5.41) is 0. The van der Waals surface area contributed by atoms with Gasteiger partial charge in [0.25, 0.3) is 0 Å². The summed E-state index contributed by atoms with van der Waals surface area (Å²) in [6, 6.07) is 0. The highest BCUT2D eigenvalue weighted by Gasteiger charge is 2.41. The topological polar surface area (TPSA) is 26.3 Å². The van der Waals surface area contributed by atoms with E-state index in [1.165, 1.54) is 12.8 Å². The Kier molecular flexibility index (Phi) is 4.03. The minimum atomic E-state index is 0.0607. The Morgan fingerprint density at radius 3 is 2.71 bits per heavy atom. The predicted octanol–water partition coefficient (Wildman–Crippen LogP) is 3.65. The second-order valence-corrected chi connectivity index (χ2v) is 5.46. The van der Waals surface area contributed by atoms with Gasteiger partial charge >= 0.3 is 0 Å². The highest BCUT2D eigenvalue weighted by molar-refractivity contribution is 5.97. The number of hydrogen-bond donors (Lipinski definition) is 0. The molecular weight excluding hydrogens is 212 g/mol. The summed E-state index contributed by atoms with van der Waals surface area (Å²) in [6.07, 6.45) is 9.58.